The van der Waals surface area contributed by atoms with Gasteiger partial charge in [-0.2, -0.15) is 0 Å². The highest BCUT2D eigenvalue weighted by molar-refractivity contribution is 5.54. The number of hydrogen-bond acceptors (Lipinski definition) is 3. The van der Waals surface area contributed by atoms with Crippen molar-refractivity contribution in [3.05, 3.63) is 47.3 Å². The average Bonchev–Trinajstić information content (AvgIpc) is 2.43. The molecule has 2 rings (SSSR count). The lowest BCUT2D eigenvalue weighted by atomic mass is 10.1. The number of unbranched alkanes of at least 4 members (excludes halogenated alkanes) is 3. The lowest BCUT2D eigenvalue weighted by Crippen LogP contribution is -2.02. The summed E-state index contributed by atoms with van der Waals surface area (Å²) in [7, 11) is 0. The average molecular weight is 283 g/mol. The van der Waals surface area contributed by atoms with Gasteiger partial charge >= 0.3 is 0 Å². The molecule has 3 nitrogen and oxygen atoms in total. The molecule has 0 aliphatic carbocycles. The van der Waals surface area contributed by atoms with Gasteiger partial charge < -0.3 is 5.32 Å². The molecule has 0 aliphatic heterocycles. The van der Waals surface area contributed by atoms with Crippen LogP contribution in [-0.2, 0) is 6.42 Å². The van der Waals surface area contributed by atoms with Crippen molar-refractivity contribution in [1.82, 2.24) is 9.97 Å². The number of anilines is 2. The second-order valence-corrected chi connectivity index (χ2v) is 5.63. The summed E-state index contributed by atoms with van der Waals surface area (Å²) < 4.78 is 0. The SMILES string of the molecule is CCCCCCc1cc(C)nc(Nc2cccc(C)c2)n1. The Hall–Kier alpha value is -1.90. The van der Waals surface area contributed by atoms with Crippen LogP contribution >= 0.6 is 0 Å². The van der Waals surface area contributed by atoms with Crippen LogP contribution in [-0.4, -0.2) is 9.97 Å². The Morgan fingerprint density at radius 3 is 2.62 bits per heavy atom. The molecule has 1 aromatic carbocycles. The Bertz CT molecular complexity index is 578. The smallest absolute Gasteiger partial charge is 0.227 e. The van der Waals surface area contributed by atoms with Gasteiger partial charge in [0.1, 0.15) is 0 Å². The van der Waals surface area contributed by atoms with E-state index in [1.807, 2.05) is 19.1 Å². The summed E-state index contributed by atoms with van der Waals surface area (Å²) in [5, 5.41) is 3.31. The molecule has 0 fully saturated rings. The highest BCUT2D eigenvalue weighted by Gasteiger charge is 2.03. The van der Waals surface area contributed by atoms with Crippen molar-refractivity contribution in [2.75, 3.05) is 5.32 Å². The second-order valence-electron chi connectivity index (χ2n) is 5.63. The molecule has 1 N–H and O–H groups in total. The number of aromatic nitrogens is 2. The minimum atomic E-state index is 0.700. The fourth-order valence-corrected chi connectivity index (χ4v) is 2.40. The van der Waals surface area contributed by atoms with E-state index in [1.165, 1.54) is 31.2 Å². The summed E-state index contributed by atoms with van der Waals surface area (Å²) in [6, 6.07) is 10.4. The molecule has 3 heteroatoms. The Morgan fingerprint density at radius 1 is 1.00 bits per heavy atom. The van der Waals surface area contributed by atoms with Crippen LogP contribution in [0.15, 0.2) is 30.3 Å². The summed E-state index contributed by atoms with van der Waals surface area (Å²) in [4.78, 5) is 9.11. The highest BCUT2D eigenvalue weighted by Crippen LogP contribution is 2.16. The van der Waals surface area contributed by atoms with Crippen LogP contribution in [0.3, 0.4) is 0 Å². The molecular weight excluding hydrogens is 258 g/mol. The fraction of sp³-hybridized carbons (Fsp3) is 0.444. The van der Waals surface area contributed by atoms with Gasteiger partial charge in [0.25, 0.3) is 0 Å². The zero-order chi connectivity index (χ0) is 15.1. The largest absolute Gasteiger partial charge is 0.324 e. The third-order valence-electron chi connectivity index (χ3n) is 3.47. The van der Waals surface area contributed by atoms with Gasteiger partial charge in [-0.25, -0.2) is 9.97 Å². The summed E-state index contributed by atoms with van der Waals surface area (Å²) >= 11 is 0. The van der Waals surface area contributed by atoms with Crippen LogP contribution < -0.4 is 5.32 Å². The number of nitrogens with zero attached hydrogens (tertiary/aromatic N) is 2. The van der Waals surface area contributed by atoms with E-state index in [1.54, 1.807) is 0 Å². The number of nitrogens with one attached hydrogen (secondary N) is 1. The Kier molecular flexibility index (Phi) is 5.73. The van der Waals surface area contributed by atoms with Gasteiger partial charge in [0.2, 0.25) is 5.95 Å². The van der Waals surface area contributed by atoms with E-state index in [-0.39, 0.29) is 0 Å². The topological polar surface area (TPSA) is 37.8 Å². The molecule has 112 valence electrons. The summed E-state index contributed by atoms with van der Waals surface area (Å²) in [5.74, 6) is 0.700. The highest BCUT2D eigenvalue weighted by atomic mass is 15.1. The van der Waals surface area contributed by atoms with Crippen LogP contribution in [0.2, 0.25) is 0 Å². The minimum absolute atomic E-state index is 0.700. The van der Waals surface area contributed by atoms with Crippen molar-refractivity contribution in [3.63, 3.8) is 0 Å². The summed E-state index contributed by atoms with van der Waals surface area (Å²) in [6.07, 6.45) is 6.08. The van der Waals surface area contributed by atoms with E-state index in [2.05, 4.69) is 47.3 Å². The van der Waals surface area contributed by atoms with Gasteiger partial charge in [-0.1, -0.05) is 38.3 Å². The van der Waals surface area contributed by atoms with E-state index in [4.69, 9.17) is 0 Å². The van der Waals surface area contributed by atoms with Gasteiger partial charge in [-0.05, 0) is 50.5 Å². The maximum absolute atomic E-state index is 4.63. The normalized spacial score (nSPS) is 10.6. The molecule has 0 atom stereocenters. The third kappa shape index (κ3) is 5.18. The Labute approximate surface area is 127 Å². The summed E-state index contributed by atoms with van der Waals surface area (Å²) in [6.45, 7) is 6.35. The number of hydrogen-bond donors (Lipinski definition) is 1. The first-order chi connectivity index (χ1) is 10.2. The van der Waals surface area contributed by atoms with E-state index in [0.717, 1.165) is 23.5 Å². The van der Waals surface area contributed by atoms with Gasteiger partial charge in [0, 0.05) is 17.1 Å². The molecule has 0 saturated carbocycles. The van der Waals surface area contributed by atoms with Gasteiger partial charge in [-0.15, -0.1) is 0 Å². The molecule has 0 spiro atoms. The van der Waals surface area contributed by atoms with E-state index in [9.17, 15) is 0 Å². The van der Waals surface area contributed by atoms with E-state index in [0.29, 0.717) is 5.95 Å². The molecule has 0 bridgehead atoms. The third-order valence-corrected chi connectivity index (χ3v) is 3.47. The van der Waals surface area contributed by atoms with Gasteiger partial charge in [-0.3, -0.25) is 0 Å². The number of rotatable bonds is 7. The lowest BCUT2D eigenvalue weighted by Gasteiger charge is -2.09. The molecule has 0 radical (unpaired) electrons. The van der Waals surface area contributed by atoms with Crippen LogP contribution in [0.25, 0.3) is 0 Å². The van der Waals surface area contributed by atoms with Crippen LogP contribution in [0.1, 0.15) is 49.6 Å². The number of aryl methyl sites for hydroxylation is 3. The minimum Gasteiger partial charge on any atom is -0.324 e. The van der Waals surface area contributed by atoms with Gasteiger partial charge in [0.15, 0.2) is 0 Å². The maximum Gasteiger partial charge on any atom is 0.227 e. The molecule has 2 aromatic rings. The number of benzene rings is 1. The molecule has 0 saturated heterocycles. The maximum atomic E-state index is 4.63. The summed E-state index contributed by atoms with van der Waals surface area (Å²) in [5.41, 5.74) is 4.42. The van der Waals surface area contributed by atoms with Crippen molar-refractivity contribution in [1.29, 1.82) is 0 Å². The van der Waals surface area contributed by atoms with E-state index < -0.39 is 0 Å². The molecule has 21 heavy (non-hydrogen) atoms. The standard InChI is InChI=1S/C18H25N3/c1-4-5-6-7-10-17-13-15(3)19-18(21-17)20-16-11-8-9-14(2)12-16/h8-9,11-13H,4-7,10H2,1-3H3,(H,19,20,21). The first kappa shape index (κ1) is 15.5. The van der Waals surface area contributed by atoms with Crippen LogP contribution in [0.5, 0.6) is 0 Å². The van der Waals surface area contributed by atoms with Gasteiger partial charge in [0.05, 0.1) is 0 Å². The zero-order valence-electron chi connectivity index (χ0n) is 13.3. The van der Waals surface area contributed by atoms with Crippen molar-refractivity contribution in [3.8, 4) is 0 Å². The first-order valence-electron chi connectivity index (χ1n) is 7.85. The molecule has 0 unspecified atom stereocenters. The first-order valence-corrected chi connectivity index (χ1v) is 7.85. The molecule has 1 aromatic heterocycles. The molecule has 0 amide bonds. The molecule has 1 heterocycles. The lowest BCUT2D eigenvalue weighted by molar-refractivity contribution is 0.660. The van der Waals surface area contributed by atoms with Crippen molar-refractivity contribution >= 4 is 11.6 Å². The monoisotopic (exact) mass is 283 g/mol. The predicted octanol–water partition coefficient (Wildman–Crippen LogP) is 4.96. The van der Waals surface area contributed by atoms with Crippen LogP contribution in [0, 0.1) is 13.8 Å². The molecular formula is C18H25N3. The molecule has 0 aliphatic rings. The van der Waals surface area contributed by atoms with E-state index >= 15 is 0 Å². The van der Waals surface area contributed by atoms with Crippen molar-refractivity contribution in [2.24, 2.45) is 0 Å². The van der Waals surface area contributed by atoms with Crippen molar-refractivity contribution in [2.45, 2.75) is 52.9 Å². The quantitative estimate of drug-likeness (QED) is 0.730. The second kappa shape index (κ2) is 7.77. The fourth-order valence-electron chi connectivity index (χ4n) is 2.40. The van der Waals surface area contributed by atoms with Crippen molar-refractivity contribution < 1.29 is 0 Å². The predicted molar refractivity (Wildman–Crippen MR) is 89.1 cm³/mol. The Morgan fingerprint density at radius 2 is 1.86 bits per heavy atom. The van der Waals surface area contributed by atoms with Crippen LogP contribution in [0.4, 0.5) is 11.6 Å². The Balaban J connectivity index is 2.04. The zero-order valence-corrected chi connectivity index (χ0v) is 13.3.